The van der Waals surface area contributed by atoms with E-state index in [0.717, 1.165) is 31.7 Å². The number of rotatable bonds is 2. The fourth-order valence-electron chi connectivity index (χ4n) is 1.88. The van der Waals surface area contributed by atoms with Gasteiger partial charge in [0.25, 0.3) is 5.88 Å². The van der Waals surface area contributed by atoms with Crippen LogP contribution < -0.4 is 15.4 Å². The van der Waals surface area contributed by atoms with Crippen LogP contribution in [0.15, 0.2) is 12.4 Å². The quantitative estimate of drug-likeness (QED) is 0.762. The van der Waals surface area contributed by atoms with Crippen molar-refractivity contribution in [3.05, 3.63) is 12.4 Å². The lowest BCUT2D eigenvalue weighted by Gasteiger charge is -2.31. The Morgan fingerprint density at radius 1 is 1.47 bits per heavy atom. The molecule has 1 aromatic rings. The number of hydrogen-bond acceptors (Lipinski definition) is 5. The molecule has 0 radical (unpaired) electrons. The minimum atomic E-state index is 0.227. The summed E-state index contributed by atoms with van der Waals surface area (Å²) in [5.74, 6) is 1.38. The van der Waals surface area contributed by atoms with Gasteiger partial charge < -0.3 is 15.4 Å². The van der Waals surface area contributed by atoms with Gasteiger partial charge in [0, 0.05) is 31.5 Å². The highest BCUT2D eigenvalue weighted by atomic mass is 16.5. The number of nitrogens with two attached hydrogens (primary N) is 1. The van der Waals surface area contributed by atoms with E-state index in [1.807, 2.05) is 0 Å². The summed E-state index contributed by atoms with van der Waals surface area (Å²) in [5.41, 5.74) is 5.92. The Bertz CT molecular complexity index is 331. The Morgan fingerprint density at radius 3 is 3.00 bits per heavy atom. The molecule has 1 aliphatic rings. The van der Waals surface area contributed by atoms with Crippen LogP contribution in [0.4, 0.5) is 5.82 Å². The van der Waals surface area contributed by atoms with Crippen molar-refractivity contribution in [1.29, 1.82) is 0 Å². The molecule has 5 nitrogen and oxygen atoms in total. The minimum absolute atomic E-state index is 0.227. The summed E-state index contributed by atoms with van der Waals surface area (Å²) < 4.78 is 5.18. The standard InChI is InChI=1S/C10H16N4O/c1-15-10-9(12-4-5-13-10)14-6-2-3-8(11)7-14/h4-5,8H,2-3,6-7,11H2,1H3/t8-/m0/s1. The molecule has 0 aromatic carbocycles. The maximum atomic E-state index is 5.92. The number of piperidine rings is 1. The zero-order valence-electron chi connectivity index (χ0n) is 8.89. The molecule has 0 aliphatic carbocycles. The van der Waals surface area contributed by atoms with Gasteiger partial charge in [-0.25, -0.2) is 9.97 Å². The topological polar surface area (TPSA) is 64.3 Å². The summed E-state index contributed by atoms with van der Waals surface area (Å²) in [5, 5.41) is 0. The van der Waals surface area contributed by atoms with Gasteiger partial charge in [0.1, 0.15) is 0 Å². The number of aromatic nitrogens is 2. The van der Waals surface area contributed by atoms with Crippen molar-refractivity contribution < 1.29 is 4.74 Å². The molecule has 1 atom stereocenters. The lowest BCUT2D eigenvalue weighted by molar-refractivity contribution is 0.392. The maximum Gasteiger partial charge on any atom is 0.257 e. The third kappa shape index (κ3) is 2.18. The highest BCUT2D eigenvalue weighted by Crippen LogP contribution is 2.24. The molecule has 2 heterocycles. The van der Waals surface area contributed by atoms with E-state index in [9.17, 15) is 0 Å². The molecule has 0 saturated carbocycles. The predicted molar refractivity (Wildman–Crippen MR) is 58.0 cm³/mol. The number of methoxy groups -OCH3 is 1. The predicted octanol–water partition coefficient (Wildman–Crippen LogP) is 0.413. The van der Waals surface area contributed by atoms with Gasteiger partial charge in [-0.3, -0.25) is 0 Å². The van der Waals surface area contributed by atoms with E-state index in [4.69, 9.17) is 10.5 Å². The van der Waals surface area contributed by atoms with Crippen LogP contribution in [-0.2, 0) is 0 Å². The van der Waals surface area contributed by atoms with Crippen molar-refractivity contribution in [2.45, 2.75) is 18.9 Å². The van der Waals surface area contributed by atoms with Crippen molar-refractivity contribution in [3.8, 4) is 5.88 Å². The first-order valence-corrected chi connectivity index (χ1v) is 5.17. The monoisotopic (exact) mass is 208 g/mol. The van der Waals surface area contributed by atoms with Crippen molar-refractivity contribution in [2.75, 3.05) is 25.1 Å². The van der Waals surface area contributed by atoms with E-state index in [0.29, 0.717) is 5.88 Å². The second-order valence-corrected chi connectivity index (χ2v) is 3.74. The molecule has 2 N–H and O–H groups in total. The Hall–Kier alpha value is -1.36. The zero-order chi connectivity index (χ0) is 10.7. The smallest absolute Gasteiger partial charge is 0.257 e. The summed E-state index contributed by atoms with van der Waals surface area (Å²) >= 11 is 0. The SMILES string of the molecule is COc1nccnc1N1CCC[C@H](N)C1. The Balaban J connectivity index is 2.20. The van der Waals surface area contributed by atoms with E-state index in [1.54, 1.807) is 19.5 Å². The maximum absolute atomic E-state index is 5.92. The van der Waals surface area contributed by atoms with E-state index >= 15 is 0 Å². The molecule has 0 bridgehead atoms. The van der Waals surface area contributed by atoms with Gasteiger partial charge in [-0.1, -0.05) is 0 Å². The summed E-state index contributed by atoms with van der Waals surface area (Å²) in [6.45, 7) is 1.80. The second-order valence-electron chi connectivity index (χ2n) is 3.74. The van der Waals surface area contributed by atoms with Crippen molar-refractivity contribution in [3.63, 3.8) is 0 Å². The van der Waals surface area contributed by atoms with E-state index in [-0.39, 0.29) is 6.04 Å². The fraction of sp³-hybridized carbons (Fsp3) is 0.600. The average Bonchev–Trinajstić information content (AvgIpc) is 2.29. The van der Waals surface area contributed by atoms with E-state index in [1.165, 1.54) is 0 Å². The van der Waals surface area contributed by atoms with Crippen LogP contribution in [0.3, 0.4) is 0 Å². The van der Waals surface area contributed by atoms with Crippen molar-refractivity contribution in [2.24, 2.45) is 5.73 Å². The highest BCUT2D eigenvalue weighted by molar-refractivity contribution is 5.48. The van der Waals surface area contributed by atoms with Gasteiger partial charge in [-0.15, -0.1) is 0 Å². The normalized spacial score (nSPS) is 21.5. The van der Waals surface area contributed by atoms with Gasteiger partial charge in [-0.05, 0) is 12.8 Å². The molecular weight excluding hydrogens is 192 g/mol. The largest absolute Gasteiger partial charge is 0.478 e. The molecule has 0 spiro atoms. The van der Waals surface area contributed by atoms with Crippen LogP contribution in [0, 0.1) is 0 Å². The first-order valence-electron chi connectivity index (χ1n) is 5.17. The molecule has 1 saturated heterocycles. The van der Waals surface area contributed by atoms with E-state index in [2.05, 4.69) is 14.9 Å². The number of hydrogen-bond donors (Lipinski definition) is 1. The third-order valence-electron chi connectivity index (χ3n) is 2.60. The summed E-state index contributed by atoms with van der Waals surface area (Å²) in [4.78, 5) is 10.6. The first-order chi connectivity index (χ1) is 7.31. The van der Waals surface area contributed by atoms with Crippen molar-refractivity contribution >= 4 is 5.82 Å². The number of anilines is 1. The molecule has 82 valence electrons. The van der Waals surface area contributed by atoms with Gasteiger partial charge >= 0.3 is 0 Å². The minimum Gasteiger partial charge on any atom is -0.478 e. The van der Waals surface area contributed by atoms with Gasteiger partial charge in [-0.2, -0.15) is 0 Å². The van der Waals surface area contributed by atoms with Gasteiger partial charge in [0.05, 0.1) is 7.11 Å². The lowest BCUT2D eigenvalue weighted by atomic mass is 10.1. The third-order valence-corrected chi connectivity index (χ3v) is 2.60. The molecule has 1 aromatic heterocycles. The fourth-order valence-corrected chi connectivity index (χ4v) is 1.88. The molecule has 0 unspecified atom stereocenters. The second kappa shape index (κ2) is 4.44. The first kappa shape index (κ1) is 10.2. The number of nitrogens with zero attached hydrogens (tertiary/aromatic N) is 3. The summed E-state index contributed by atoms with van der Waals surface area (Å²) in [6, 6.07) is 0.227. The molecule has 1 fully saturated rings. The lowest BCUT2D eigenvalue weighted by Crippen LogP contribution is -2.43. The molecule has 1 aliphatic heterocycles. The van der Waals surface area contributed by atoms with Crippen LogP contribution in [0.5, 0.6) is 5.88 Å². The highest BCUT2D eigenvalue weighted by Gasteiger charge is 2.20. The molecule has 15 heavy (non-hydrogen) atoms. The van der Waals surface area contributed by atoms with Gasteiger partial charge in [0.2, 0.25) is 0 Å². The van der Waals surface area contributed by atoms with Gasteiger partial charge in [0.15, 0.2) is 5.82 Å². The number of ether oxygens (including phenoxy) is 1. The van der Waals surface area contributed by atoms with Crippen molar-refractivity contribution in [1.82, 2.24) is 9.97 Å². The molecule has 5 heteroatoms. The summed E-state index contributed by atoms with van der Waals surface area (Å²) in [7, 11) is 1.61. The molecule has 0 amide bonds. The van der Waals surface area contributed by atoms with Crippen LogP contribution in [0.25, 0.3) is 0 Å². The van der Waals surface area contributed by atoms with Crippen LogP contribution in [0.1, 0.15) is 12.8 Å². The van der Waals surface area contributed by atoms with Crippen LogP contribution in [-0.4, -0.2) is 36.2 Å². The summed E-state index contributed by atoms with van der Waals surface area (Å²) in [6.07, 6.45) is 5.49. The zero-order valence-corrected chi connectivity index (χ0v) is 8.89. The Kier molecular flexibility index (Phi) is 3.01. The van der Waals surface area contributed by atoms with Crippen LogP contribution >= 0.6 is 0 Å². The van der Waals surface area contributed by atoms with Crippen LogP contribution in [0.2, 0.25) is 0 Å². The molecular formula is C10H16N4O. The Labute approximate surface area is 89.3 Å². The Morgan fingerprint density at radius 2 is 2.27 bits per heavy atom. The molecule has 2 rings (SSSR count). The average molecular weight is 208 g/mol. The van der Waals surface area contributed by atoms with E-state index < -0.39 is 0 Å².